The van der Waals surface area contributed by atoms with Crippen molar-refractivity contribution in [2.24, 2.45) is 0 Å². The average molecular weight is 230 g/mol. The second-order valence-corrected chi connectivity index (χ2v) is 5.79. The van der Waals surface area contributed by atoms with Crippen LogP contribution in [0.4, 0.5) is 0 Å². The molecule has 0 amide bonds. The predicted molar refractivity (Wildman–Crippen MR) is 69.9 cm³/mol. The zero-order chi connectivity index (χ0) is 12.8. The molecule has 0 saturated heterocycles. The highest BCUT2D eigenvalue weighted by molar-refractivity contribution is 4.69. The van der Waals surface area contributed by atoms with Crippen LogP contribution in [-0.4, -0.2) is 23.9 Å². The first-order chi connectivity index (χ1) is 7.22. The summed E-state index contributed by atoms with van der Waals surface area (Å²) in [5.74, 6) is 0. The van der Waals surface area contributed by atoms with Crippen molar-refractivity contribution in [2.45, 2.75) is 85.0 Å². The highest BCUT2D eigenvalue weighted by atomic mass is 16.5. The van der Waals surface area contributed by atoms with Crippen LogP contribution in [0.2, 0.25) is 0 Å². The molecule has 16 heavy (non-hydrogen) atoms. The van der Waals surface area contributed by atoms with Crippen molar-refractivity contribution in [1.29, 1.82) is 0 Å². The van der Waals surface area contributed by atoms with Gasteiger partial charge in [-0.15, -0.1) is 0 Å². The van der Waals surface area contributed by atoms with Gasteiger partial charge in [-0.2, -0.15) is 0 Å². The third kappa shape index (κ3) is 7.24. The van der Waals surface area contributed by atoms with Crippen LogP contribution in [0.15, 0.2) is 0 Å². The van der Waals surface area contributed by atoms with E-state index >= 15 is 0 Å². The molecule has 1 atom stereocenters. The van der Waals surface area contributed by atoms with Crippen molar-refractivity contribution in [3.05, 3.63) is 0 Å². The van der Waals surface area contributed by atoms with Gasteiger partial charge in [0.15, 0.2) is 0 Å². The highest BCUT2D eigenvalue weighted by Crippen LogP contribution is 2.19. The van der Waals surface area contributed by atoms with Gasteiger partial charge in [-0.05, 0) is 53.9 Å². The Kier molecular flexibility index (Phi) is 6.57. The monoisotopic (exact) mass is 230 g/mol. The van der Waals surface area contributed by atoms with Crippen molar-refractivity contribution >= 4 is 0 Å². The molecule has 0 fully saturated rings. The Bertz CT molecular complexity index is 185. The van der Waals surface area contributed by atoms with Crippen LogP contribution in [0.5, 0.6) is 0 Å². The summed E-state index contributed by atoms with van der Waals surface area (Å²) in [7, 11) is 0. The number of rotatable bonds is 8. The van der Waals surface area contributed by atoms with Gasteiger partial charge in [0.05, 0.1) is 17.3 Å². The molecule has 0 N–H and O–H groups in total. The summed E-state index contributed by atoms with van der Waals surface area (Å²) in [6, 6.07) is 0. The van der Waals surface area contributed by atoms with E-state index in [1.807, 2.05) is 0 Å². The van der Waals surface area contributed by atoms with Crippen LogP contribution in [-0.2, 0) is 9.47 Å². The summed E-state index contributed by atoms with van der Waals surface area (Å²) in [5, 5.41) is 0. The van der Waals surface area contributed by atoms with Gasteiger partial charge in [0.25, 0.3) is 0 Å². The minimum atomic E-state index is -0.0142. The smallest absolute Gasteiger partial charge is 0.0627 e. The Morgan fingerprint density at radius 2 is 1.44 bits per heavy atom. The summed E-state index contributed by atoms with van der Waals surface area (Å²) in [6.45, 7) is 15.8. The molecule has 0 aliphatic heterocycles. The Morgan fingerprint density at radius 3 is 1.88 bits per heavy atom. The second-order valence-electron chi connectivity index (χ2n) is 5.79. The lowest BCUT2D eigenvalue weighted by molar-refractivity contribution is -0.0892. The van der Waals surface area contributed by atoms with Crippen LogP contribution < -0.4 is 0 Å². The van der Waals surface area contributed by atoms with Crippen LogP contribution in [0.25, 0.3) is 0 Å². The van der Waals surface area contributed by atoms with Gasteiger partial charge in [0, 0.05) is 6.61 Å². The van der Waals surface area contributed by atoms with Gasteiger partial charge in [0.1, 0.15) is 0 Å². The molecule has 0 radical (unpaired) electrons. The third-order valence-corrected chi connectivity index (χ3v) is 3.24. The fourth-order valence-electron chi connectivity index (χ4n) is 1.29. The number of hydrogen-bond acceptors (Lipinski definition) is 2. The SMILES string of the molecule is CCC(C)(C)OCCC(C)OC(C)(C)CC. The Balaban J connectivity index is 3.78. The summed E-state index contributed by atoms with van der Waals surface area (Å²) >= 11 is 0. The van der Waals surface area contributed by atoms with Crippen molar-refractivity contribution in [3.63, 3.8) is 0 Å². The molecule has 0 spiro atoms. The number of ether oxygens (including phenoxy) is 2. The molecular formula is C14H30O2. The largest absolute Gasteiger partial charge is 0.375 e. The Labute approximate surface area is 102 Å². The molecule has 0 heterocycles. The predicted octanol–water partition coefficient (Wildman–Crippen LogP) is 4.18. The van der Waals surface area contributed by atoms with Gasteiger partial charge in [-0.25, -0.2) is 0 Å². The molecule has 98 valence electrons. The fourth-order valence-corrected chi connectivity index (χ4v) is 1.29. The normalized spacial score (nSPS) is 15.2. The van der Waals surface area contributed by atoms with E-state index in [9.17, 15) is 0 Å². The van der Waals surface area contributed by atoms with E-state index in [0.29, 0.717) is 0 Å². The molecular weight excluding hydrogens is 200 g/mol. The first kappa shape index (κ1) is 15.9. The minimum Gasteiger partial charge on any atom is -0.375 e. The van der Waals surface area contributed by atoms with Crippen molar-refractivity contribution in [3.8, 4) is 0 Å². The fraction of sp³-hybridized carbons (Fsp3) is 1.00. The first-order valence-electron chi connectivity index (χ1n) is 6.54. The maximum Gasteiger partial charge on any atom is 0.0627 e. The van der Waals surface area contributed by atoms with E-state index in [1.54, 1.807) is 0 Å². The molecule has 0 bridgehead atoms. The summed E-state index contributed by atoms with van der Waals surface area (Å²) < 4.78 is 11.8. The van der Waals surface area contributed by atoms with Gasteiger partial charge in [-0.1, -0.05) is 13.8 Å². The van der Waals surface area contributed by atoms with Crippen molar-refractivity contribution < 1.29 is 9.47 Å². The lowest BCUT2D eigenvalue weighted by Gasteiger charge is -2.29. The second kappa shape index (κ2) is 6.61. The van der Waals surface area contributed by atoms with E-state index in [-0.39, 0.29) is 17.3 Å². The van der Waals surface area contributed by atoms with E-state index in [2.05, 4.69) is 48.5 Å². The molecule has 0 aromatic heterocycles. The molecule has 0 aromatic carbocycles. The Hall–Kier alpha value is -0.0800. The van der Waals surface area contributed by atoms with Gasteiger partial charge in [-0.3, -0.25) is 0 Å². The molecule has 0 saturated carbocycles. The lowest BCUT2D eigenvalue weighted by atomic mass is 10.1. The summed E-state index contributed by atoms with van der Waals surface area (Å²) in [4.78, 5) is 0. The zero-order valence-corrected chi connectivity index (χ0v) is 12.2. The third-order valence-electron chi connectivity index (χ3n) is 3.24. The van der Waals surface area contributed by atoms with Crippen molar-refractivity contribution in [2.75, 3.05) is 6.61 Å². The highest BCUT2D eigenvalue weighted by Gasteiger charge is 2.20. The molecule has 2 nitrogen and oxygen atoms in total. The van der Waals surface area contributed by atoms with E-state index < -0.39 is 0 Å². The molecule has 0 aromatic rings. The molecule has 2 heteroatoms. The van der Waals surface area contributed by atoms with Crippen LogP contribution >= 0.6 is 0 Å². The van der Waals surface area contributed by atoms with Crippen LogP contribution in [0.1, 0.15) is 67.7 Å². The maximum atomic E-state index is 5.96. The average Bonchev–Trinajstić information content (AvgIpc) is 2.17. The molecule has 0 aliphatic carbocycles. The zero-order valence-electron chi connectivity index (χ0n) is 12.2. The van der Waals surface area contributed by atoms with Crippen LogP contribution in [0, 0.1) is 0 Å². The quantitative estimate of drug-likeness (QED) is 0.623. The van der Waals surface area contributed by atoms with E-state index in [4.69, 9.17) is 9.47 Å². The van der Waals surface area contributed by atoms with E-state index in [0.717, 1.165) is 25.9 Å². The molecule has 0 rings (SSSR count). The number of hydrogen-bond donors (Lipinski definition) is 0. The van der Waals surface area contributed by atoms with Crippen LogP contribution in [0.3, 0.4) is 0 Å². The molecule has 0 aliphatic rings. The minimum absolute atomic E-state index is 0.00000579. The summed E-state index contributed by atoms with van der Waals surface area (Å²) in [5.41, 5.74) is -0.0142. The topological polar surface area (TPSA) is 18.5 Å². The maximum absolute atomic E-state index is 5.96. The molecule has 1 unspecified atom stereocenters. The lowest BCUT2D eigenvalue weighted by Crippen LogP contribution is -2.30. The van der Waals surface area contributed by atoms with Crippen molar-refractivity contribution in [1.82, 2.24) is 0 Å². The van der Waals surface area contributed by atoms with Gasteiger partial charge >= 0.3 is 0 Å². The van der Waals surface area contributed by atoms with Gasteiger partial charge in [0.2, 0.25) is 0 Å². The first-order valence-corrected chi connectivity index (χ1v) is 6.54. The van der Waals surface area contributed by atoms with E-state index in [1.165, 1.54) is 0 Å². The standard InChI is InChI=1S/C14H30O2/c1-8-13(4,5)15-11-10-12(3)16-14(6,7)9-2/h12H,8-11H2,1-7H3. The Morgan fingerprint density at radius 1 is 0.938 bits per heavy atom. The van der Waals surface area contributed by atoms with Gasteiger partial charge < -0.3 is 9.47 Å². The summed E-state index contributed by atoms with van der Waals surface area (Å²) in [6.07, 6.45) is 3.32.